The van der Waals surface area contributed by atoms with Crippen LogP contribution in [0.3, 0.4) is 0 Å². The molecule has 0 radical (unpaired) electrons. The Kier molecular flexibility index (Phi) is 10.8. The predicted octanol–water partition coefficient (Wildman–Crippen LogP) is 2.58. The van der Waals surface area contributed by atoms with Crippen LogP contribution in [0.4, 0.5) is 4.39 Å². The number of carbonyl (C=O) groups is 1. The lowest BCUT2D eigenvalue weighted by Crippen LogP contribution is -2.48. The highest BCUT2D eigenvalue weighted by Gasteiger charge is 2.21. The van der Waals surface area contributed by atoms with Crippen LogP contribution >= 0.6 is 36.4 Å². The van der Waals surface area contributed by atoms with Gasteiger partial charge in [-0.15, -0.1) is 24.8 Å². The van der Waals surface area contributed by atoms with E-state index in [1.165, 1.54) is 12.1 Å². The summed E-state index contributed by atoms with van der Waals surface area (Å²) >= 11 is 6.05. The number of nitrogens with one attached hydrogen (secondary N) is 1. The molecule has 1 aliphatic rings. The van der Waals surface area contributed by atoms with Gasteiger partial charge in [0.25, 0.3) is 0 Å². The second-order valence-corrected chi connectivity index (χ2v) is 5.65. The van der Waals surface area contributed by atoms with Crippen molar-refractivity contribution in [1.82, 2.24) is 15.1 Å². The number of hydrogen-bond acceptors (Lipinski definition) is 3. The summed E-state index contributed by atoms with van der Waals surface area (Å²) in [4.78, 5) is 16.1. The van der Waals surface area contributed by atoms with Crippen molar-refractivity contribution in [3.63, 3.8) is 0 Å². The molecule has 0 aliphatic carbocycles. The van der Waals surface area contributed by atoms with Gasteiger partial charge in [0.15, 0.2) is 0 Å². The highest BCUT2D eigenvalue weighted by molar-refractivity contribution is 6.31. The molecule has 132 valence electrons. The average Bonchev–Trinajstić information content (AvgIpc) is 2.48. The maximum atomic E-state index is 13.0. The quantitative estimate of drug-likeness (QED) is 0.845. The normalized spacial score (nSPS) is 14.8. The molecular formula is C15H23Cl3FN3O. The Morgan fingerprint density at radius 1 is 1.26 bits per heavy atom. The molecule has 0 bridgehead atoms. The molecule has 0 saturated carbocycles. The zero-order valence-corrected chi connectivity index (χ0v) is 15.4. The monoisotopic (exact) mass is 385 g/mol. The van der Waals surface area contributed by atoms with Crippen LogP contribution in [-0.4, -0.2) is 55.5 Å². The van der Waals surface area contributed by atoms with Crippen LogP contribution < -0.4 is 5.32 Å². The Bertz CT molecular complexity index is 497. The number of hydrogen-bond donors (Lipinski definition) is 1. The number of halogens is 4. The SMILES string of the molecule is CNCCC(=O)N1CCN(Cc2ccc(F)cc2Cl)CC1.Cl.Cl. The van der Waals surface area contributed by atoms with Crippen molar-refractivity contribution in [2.45, 2.75) is 13.0 Å². The molecule has 0 unspecified atom stereocenters. The van der Waals surface area contributed by atoms with Crippen molar-refractivity contribution in [1.29, 1.82) is 0 Å². The van der Waals surface area contributed by atoms with Gasteiger partial charge in [0, 0.05) is 50.7 Å². The standard InChI is InChI=1S/C15H21ClFN3O.2ClH/c1-18-5-4-15(21)20-8-6-19(7-9-20)11-12-2-3-13(17)10-14(12)16;;/h2-3,10,18H,4-9,11H2,1H3;2*1H. The number of benzene rings is 1. The van der Waals surface area contributed by atoms with E-state index in [1.54, 1.807) is 6.07 Å². The summed E-state index contributed by atoms with van der Waals surface area (Å²) in [5.74, 6) is -0.118. The molecule has 0 atom stereocenters. The minimum atomic E-state index is -0.316. The minimum Gasteiger partial charge on any atom is -0.340 e. The molecule has 0 aromatic heterocycles. The summed E-state index contributed by atoms with van der Waals surface area (Å²) in [6.07, 6.45) is 0.542. The number of piperazine rings is 1. The van der Waals surface area contributed by atoms with Gasteiger partial charge in [-0.25, -0.2) is 4.39 Å². The lowest BCUT2D eigenvalue weighted by atomic mass is 10.2. The maximum absolute atomic E-state index is 13.0. The third kappa shape index (κ3) is 6.81. The first-order valence-electron chi connectivity index (χ1n) is 7.19. The largest absolute Gasteiger partial charge is 0.340 e. The van der Waals surface area contributed by atoms with Crippen molar-refractivity contribution >= 4 is 42.3 Å². The molecule has 1 amide bonds. The highest BCUT2D eigenvalue weighted by Crippen LogP contribution is 2.19. The van der Waals surface area contributed by atoms with E-state index in [1.807, 2.05) is 11.9 Å². The van der Waals surface area contributed by atoms with Gasteiger partial charge in [0.1, 0.15) is 5.82 Å². The van der Waals surface area contributed by atoms with Crippen LogP contribution in [0.5, 0.6) is 0 Å². The summed E-state index contributed by atoms with van der Waals surface area (Å²) in [7, 11) is 1.84. The van der Waals surface area contributed by atoms with Crippen molar-refractivity contribution < 1.29 is 9.18 Å². The van der Waals surface area contributed by atoms with Crippen LogP contribution in [0.1, 0.15) is 12.0 Å². The molecule has 0 spiro atoms. The fraction of sp³-hybridized carbons (Fsp3) is 0.533. The average molecular weight is 387 g/mol. The van der Waals surface area contributed by atoms with E-state index in [0.717, 1.165) is 31.7 Å². The van der Waals surface area contributed by atoms with E-state index in [4.69, 9.17) is 11.6 Å². The summed E-state index contributed by atoms with van der Waals surface area (Å²) in [6, 6.07) is 4.50. The van der Waals surface area contributed by atoms with Gasteiger partial charge in [-0.1, -0.05) is 17.7 Å². The van der Waals surface area contributed by atoms with Gasteiger partial charge >= 0.3 is 0 Å². The zero-order valence-electron chi connectivity index (χ0n) is 13.1. The molecule has 4 nitrogen and oxygen atoms in total. The fourth-order valence-electron chi connectivity index (χ4n) is 2.44. The molecule has 8 heteroatoms. The zero-order chi connectivity index (χ0) is 15.2. The first kappa shape index (κ1) is 22.4. The van der Waals surface area contributed by atoms with E-state index >= 15 is 0 Å². The van der Waals surface area contributed by atoms with Crippen molar-refractivity contribution in [2.24, 2.45) is 0 Å². The highest BCUT2D eigenvalue weighted by atomic mass is 35.5. The molecule has 23 heavy (non-hydrogen) atoms. The summed E-state index contributed by atoms with van der Waals surface area (Å²) in [5, 5.41) is 3.45. The Labute approximate surface area is 154 Å². The number of nitrogens with zero attached hydrogens (tertiary/aromatic N) is 2. The number of amides is 1. The van der Waals surface area contributed by atoms with Crippen molar-refractivity contribution in [3.8, 4) is 0 Å². The van der Waals surface area contributed by atoms with E-state index in [0.29, 0.717) is 24.5 Å². The van der Waals surface area contributed by atoms with Crippen LogP contribution in [-0.2, 0) is 11.3 Å². The first-order valence-corrected chi connectivity index (χ1v) is 7.56. The summed E-state index contributed by atoms with van der Waals surface area (Å²) in [5.41, 5.74) is 0.924. The predicted molar refractivity (Wildman–Crippen MR) is 96.3 cm³/mol. The minimum absolute atomic E-state index is 0. The smallest absolute Gasteiger partial charge is 0.223 e. The lowest BCUT2D eigenvalue weighted by Gasteiger charge is -2.35. The third-order valence-electron chi connectivity index (χ3n) is 3.72. The molecule has 1 fully saturated rings. The van der Waals surface area contributed by atoms with Crippen LogP contribution in [0.2, 0.25) is 5.02 Å². The first-order chi connectivity index (χ1) is 10.1. The third-order valence-corrected chi connectivity index (χ3v) is 4.07. The number of carbonyl (C=O) groups excluding carboxylic acids is 1. The van der Waals surface area contributed by atoms with Crippen LogP contribution in [0.25, 0.3) is 0 Å². The molecule has 1 aromatic carbocycles. The Morgan fingerprint density at radius 2 is 1.91 bits per heavy atom. The van der Waals surface area contributed by atoms with E-state index in [9.17, 15) is 9.18 Å². The van der Waals surface area contributed by atoms with E-state index < -0.39 is 0 Å². The molecule has 1 N–H and O–H groups in total. The van der Waals surface area contributed by atoms with Gasteiger partial charge in [-0.3, -0.25) is 9.69 Å². The molecular weight excluding hydrogens is 364 g/mol. The Morgan fingerprint density at radius 3 is 2.48 bits per heavy atom. The van der Waals surface area contributed by atoms with Crippen LogP contribution in [0, 0.1) is 5.82 Å². The Balaban J connectivity index is 0.00000242. The molecule has 1 heterocycles. The molecule has 2 rings (SSSR count). The fourth-order valence-corrected chi connectivity index (χ4v) is 2.66. The van der Waals surface area contributed by atoms with E-state index in [2.05, 4.69) is 10.2 Å². The summed E-state index contributed by atoms with van der Waals surface area (Å²) < 4.78 is 13.0. The van der Waals surface area contributed by atoms with Gasteiger partial charge in [0.05, 0.1) is 0 Å². The second-order valence-electron chi connectivity index (χ2n) is 5.25. The van der Waals surface area contributed by atoms with Gasteiger partial charge in [-0.05, 0) is 24.7 Å². The maximum Gasteiger partial charge on any atom is 0.223 e. The summed E-state index contributed by atoms with van der Waals surface area (Å²) in [6.45, 7) is 4.52. The molecule has 1 aromatic rings. The van der Waals surface area contributed by atoms with Gasteiger partial charge in [-0.2, -0.15) is 0 Å². The molecule has 1 aliphatic heterocycles. The second kappa shape index (κ2) is 11.0. The van der Waals surface area contributed by atoms with Crippen molar-refractivity contribution in [3.05, 3.63) is 34.6 Å². The number of rotatable bonds is 5. The van der Waals surface area contributed by atoms with E-state index in [-0.39, 0.29) is 36.5 Å². The molecule has 1 saturated heterocycles. The topological polar surface area (TPSA) is 35.6 Å². The van der Waals surface area contributed by atoms with Crippen molar-refractivity contribution in [2.75, 3.05) is 39.8 Å². The Hall–Kier alpha value is -0.590. The van der Waals surface area contributed by atoms with Gasteiger partial charge < -0.3 is 10.2 Å². The van der Waals surface area contributed by atoms with Gasteiger partial charge in [0.2, 0.25) is 5.91 Å². The van der Waals surface area contributed by atoms with Crippen LogP contribution in [0.15, 0.2) is 18.2 Å². The lowest BCUT2D eigenvalue weighted by molar-refractivity contribution is -0.132.